The summed E-state index contributed by atoms with van der Waals surface area (Å²) in [5, 5.41) is 0.878. The molecule has 0 bridgehead atoms. The molecule has 1 atom stereocenters. The van der Waals surface area contributed by atoms with Gasteiger partial charge >= 0.3 is 0 Å². The fraction of sp³-hybridized carbons (Fsp3) is 0.571. The molecule has 0 heterocycles. The highest BCUT2D eigenvalue weighted by atomic mass is 79.9. The van der Waals surface area contributed by atoms with Crippen LogP contribution in [0, 0.1) is 6.92 Å². The van der Waals surface area contributed by atoms with Crippen molar-refractivity contribution >= 4 is 25.8 Å². The van der Waals surface area contributed by atoms with Gasteiger partial charge in [0.2, 0.25) is 0 Å². The Balaban J connectivity index is 2.58. The molecule has 2 nitrogen and oxygen atoms in total. The van der Waals surface area contributed by atoms with Gasteiger partial charge in [0.15, 0.2) is 0 Å². The second-order valence-electron chi connectivity index (χ2n) is 4.64. The van der Waals surface area contributed by atoms with Crippen LogP contribution in [0.3, 0.4) is 0 Å². The lowest BCUT2D eigenvalue weighted by Gasteiger charge is -2.15. The predicted molar refractivity (Wildman–Crippen MR) is 81.3 cm³/mol. The zero-order valence-corrected chi connectivity index (χ0v) is 13.4. The Morgan fingerprint density at radius 3 is 2.61 bits per heavy atom. The fourth-order valence-electron chi connectivity index (χ4n) is 1.95. The number of rotatable bonds is 7. The van der Waals surface area contributed by atoms with Gasteiger partial charge in [-0.1, -0.05) is 52.7 Å². The molecule has 0 saturated heterocycles. The van der Waals surface area contributed by atoms with Gasteiger partial charge in [0.1, 0.15) is 9.84 Å². The number of benzene rings is 1. The summed E-state index contributed by atoms with van der Waals surface area (Å²) in [5.74, 6) is 0.951. The molecule has 1 aromatic carbocycles. The third-order valence-corrected chi connectivity index (χ3v) is 5.72. The van der Waals surface area contributed by atoms with Gasteiger partial charge in [-0.05, 0) is 31.2 Å². The zero-order chi connectivity index (χ0) is 13.6. The lowest BCUT2D eigenvalue weighted by Crippen LogP contribution is -2.10. The lowest BCUT2D eigenvalue weighted by atomic mass is 9.95. The van der Waals surface area contributed by atoms with Crippen LogP contribution in [0.25, 0.3) is 0 Å². The van der Waals surface area contributed by atoms with E-state index in [9.17, 15) is 8.42 Å². The van der Waals surface area contributed by atoms with Gasteiger partial charge in [-0.2, -0.15) is 0 Å². The Kier molecular flexibility index (Phi) is 6.36. The summed E-state index contributed by atoms with van der Waals surface area (Å²) in [6.07, 6.45) is 1.65. The van der Waals surface area contributed by atoms with Gasteiger partial charge in [0.25, 0.3) is 0 Å². The molecular formula is C14H21BrO2S. The van der Waals surface area contributed by atoms with Crippen LogP contribution in [-0.4, -0.2) is 25.3 Å². The molecule has 102 valence electrons. The van der Waals surface area contributed by atoms with Crippen LogP contribution in [-0.2, 0) is 9.84 Å². The highest BCUT2D eigenvalue weighted by Gasteiger charge is 2.13. The summed E-state index contributed by atoms with van der Waals surface area (Å²) >= 11 is 3.53. The normalized spacial score (nSPS) is 13.5. The SMILES string of the molecule is CCS(=O)(=O)CCCC(CBr)c1cccc(C)c1. The highest BCUT2D eigenvalue weighted by Crippen LogP contribution is 2.24. The number of halogens is 1. The number of sulfone groups is 1. The number of alkyl halides is 1. The molecule has 1 aromatic rings. The third-order valence-electron chi connectivity index (χ3n) is 3.15. The van der Waals surface area contributed by atoms with E-state index in [1.54, 1.807) is 6.92 Å². The Labute approximate surface area is 119 Å². The molecule has 0 saturated carbocycles. The van der Waals surface area contributed by atoms with Crippen LogP contribution in [0.5, 0.6) is 0 Å². The summed E-state index contributed by atoms with van der Waals surface area (Å²) in [7, 11) is -2.83. The van der Waals surface area contributed by atoms with Gasteiger partial charge in [-0.15, -0.1) is 0 Å². The van der Waals surface area contributed by atoms with Gasteiger partial charge < -0.3 is 0 Å². The molecule has 0 spiro atoms. The Hall–Kier alpha value is -0.350. The van der Waals surface area contributed by atoms with Crippen LogP contribution in [0.1, 0.15) is 36.8 Å². The van der Waals surface area contributed by atoms with Crippen molar-refractivity contribution in [1.82, 2.24) is 0 Å². The maximum absolute atomic E-state index is 11.4. The fourth-order valence-corrected chi connectivity index (χ4v) is 3.54. The first-order valence-corrected chi connectivity index (χ1v) is 9.25. The second-order valence-corrected chi connectivity index (χ2v) is 7.76. The number of hydrogen-bond acceptors (Lipinski definition) is 2. The molecule has 18 heavy (non-hydrogen) atoms. The average Bonchev–Trinajstić information content (AvgIpc) is 2.34. The van der Waals surface area contributed by atoms with Crippen LogP contribution in [0.15, 0.2) is 24.3 Å². The van der Waals surface area contributed by atoms with Crippen molar-refractivity contribution < 1.29 is 8.42 Å². The van der Waals surface area contributed by atoms with E-state index >= 15 is 0 Å². The molecular weight excluding hydrogens is 312 g/mol. The average molecular weight is 333 g/mol. The van der Waals surface area contributed by atoms with Crippen LogP contribution in [0.4, 0.5) is 0 Å². The Bertz CT molecular complexity index is 468. The van der Waals surface area contributed by atoms with Crippen molar-refractivity contribution in [3.63, 3.8) is 0 Å². The molecule has 0 aliphatic carbocycles. The predicted octanol–water partition coefficient (Wildman–Crippen LogP) is 3.69. The van der Waals surface area contributed by atoms with Crippen LogP contribution >= 0.6 is 15.9 Å². The first-order chi connectivity index (χ1) is 8.48. The van der Waals surface area contributed by atoms with Crippen molar-refractivity contribution in [3.8, 4) is 0 Å². The maximum Gasteiger partial charge on any atom is 0.150 e. The quantitative estimate of drug-likeness (QED) is 0.713. The molecule has 0 radical (unpaired) electrons. The molecule has 1 unspecified atom stereocenters. The number of aryl methyl sites for hydroxylation is 1. The summed E-state index contributed by atoms with van der Waals surface area (Å²) in [6.45, 7) is 3.79. The van der Waals surface area contributed by atoms with Gasteiger partial charge in [-0.25, -0.2) is 8.42 Å². The third kappa shape index (κ3) is 5.11. The van der Waals surface area contributed by atoms with Crippen LogP contribution in [0.2, 0.25) is 0 Å². The topological polar surface area (TPSA) is 34.1 Å². The van der Waals surface area contributed by atoms with E-state index in [4.69, 9.17) is 0 Å². The minimum atomic E-state index is -2.83. The van der Waals surface area contributed by atoms with Crippen molar-refractivity contribution in [2.45, 2.75) is 32.6 Å². The van der Waals surface area contributed by atoms with Gasteiger partial charge in [-0.3, -0.25) is 0 Å². The molecule has 0 aliphatic heterocycles. The second kappa shape index (κ2) is 7.29. The van der Waals surface area contributed by atoms with E-state index in [-0.39, 0.29) is 5.75 Å². The Morgan fingerprint density at radius 1 is 1.33 bits per heavy atom. The van der Waals surface area contributed by atoms with E-state index in [0.717, 1.165) is 18.2 Å². The largest absolute Gasteiger partial charge is 0.229 e. The van der Waals surface area contributed by atoms with Gasteiger partial charge in [0, 0.05) is 11.1 Å². The first-order valence-electron chi connectivity index (χ1n) is 6.31. The minimum Gasteiger partial charge on any atom is -0.229 e. The summed E-state index contributed by atoms with van der Waals surface area (Å²) < 4.78 is 22.9. The van der Waals surface area contributed by atoms with Crippen molar-refractivity contribution in [2.24, 2.45) is 0 Å². The standard InChI is InChI=1S/C14H21BrO2S/c1-3-18(16,17)9-5-8-14(11-15)13-7-4-6-12(2)10-13/h4,6-7,10,14H,3,5,8-9,11H2,1-2H3. The maximum atomic E-state index is 11.4. The van der Waals surface area contributed by atoms with E-state index in [1.165, 1.54) is 11.1 Å². The summed E-state index contributed by atoms with van der Waals surface area (Å²) in [6, 6.07) is 8.44. The molecule has 1 rings (SSSR count). The van der Waals surface area contributed by atoms with E-state index in [2.05, 4.69) is 47.1 Å². The summed E-state index contributed by atoms with van der Waals surface area (Å²) in [5.41, 5.74) is 2.54. The first kappa shape index (κ1) is 15.7. The van der Waals surface area contributed by atoms with Crippen molar-refractivity contribution in [3.05, 3.63) is 35.4 Å². The molecule has 4 heteroatoms. The van der Waals surface area contributed by atoms with E-state index < -0.39 is 9.84 Å². The zero-order valence-electron chi connectivity index (χ0n) is 11.0. The minimum absolute atomic E-state index is 0.246. The summed E-state index contributed by atoms with van der Waals surface area (Å²) in [4.78, 5) is 0. The van der Waals surface area contributed by atoms with E-state index in [1.807, 2.05) is 0 Å². The molecule has 0 aromatic heterocycles. The van der Waals surface area contributed by atoms with Crippen LogP contribution < -0.4 is 0 Å². The van der Waals surface area contributed by atoms with Crippen molar-refractivity contribution in [2.75, 3.05) is 16.8 Å². The smallest absolute Gasteiger partial charge is 0.150 e. The molecule has 0 amide bonds. The molecule has 0 aliphatic rings. The van der Waals surface area contributed by atoms with Crippen molar-refractivity contribution in [1.29, 1.82) is 0 Å². The Morgan fingerprint density at radius 2 is 2.06 bits per heavy atom. The highest BCUT2D eigenvalue weighted by molar-refractivity contribution is 9.09. The molecule has 0 N–H and O–H groups in total. The van der Waals surface area contributed by atoms with E-state index in [0.29, 0.717) is 11.7 Å². The monoisotopic (exact) mass is 332 g/mol. The molecule has 0 fully saturated rings. The number of hydrogen-bond donors (Lipinski definition) is 0. The van der Waals surface area contributed by atoms with Gasteiger partial charge in [0.05, 0.1) is 5.75 Å². The lowest BCUT2D eigenvalue weighted by molar-refractivity contribution is 0.588.